The Labute approximate surface area is 190 Å². The van der Waals surface area contributed by atoms with Gasteiger partial charge in [-0.1, -0.05) is 11.6 Å². The normalized spacial score (nSPS) is 17.1. The lowest BCUT2D eigenvalue weighted by atomic mass is 10.00. The fraction of sp³-hybridized carbons (Fsp3) is 0.364. The molecule has 1 saturated heterocycles. The van der Waals surface area contributed by atoms with E-state index in [1.165, 1.54) is 6.07 Å². The smallest absolute Gasteiger partial charge is 0.204 e. The van der Waals surface area contributed by atoms with Gasteiger partial charge in [0.2, 0.25) is 4.77 Å². The zero-order valence-electron chi connectivity index (χ0n) is 17.2. The van der Waals surface area contributed by atoms with Gasteiger partial charge in [0.05, 0.1) is 24.5 Å². The van der Waals surface area contributed by atoms with E-state index in [1.807, 2.05) is 24.3 Å². The zero-order chi connectivity index (χ0) is 22.0. The highest BCUT2D eigenvalue weighted by molar-refractivity contribution is 7.71. The summed E-state index contributed by atoms with van der Waals surface area (Å²) >= 11 is 11.8. The lowest BCUT2D eigenvalue weighted by molar-refractivity contribution is 0.0939. The molecule has 2 heterocycles. The van der Waals surface area contributed by atoms with Gasteiger partial charge in [0.15, 0.2) is 5.82 Å². The number of benzene rings is 2. The molecule has 0 aliphatic carbocycles. The number of methoxy groups -OCH3 is 1. The summed E-state index contributed by atoms with van der Waals surface area (Å²) in [6.07, 6.45) is 2.05. The van der Waals surface area contributed by atoms with Crippen molar-refractivity contribution in [3.8, 4) is 22.8 Å². The molecule has 6 nitrogen and oxygen atoms in total. The number of rotatable bonds is 6. The van der Waals surface area contributed by atoms with Crippen LogP contribution in [0.5, 0.6) is 5.75 Å². The Hall–Kier alpha value is -2.26. The first-order valence-electron chi connectivity index (χ1n) is 10.1. The van der Waals surface area contributed by atoms with Gasteiger partial charge < -0.3 is 9.84 Å². The molecule has 31 heavy (non-hydrogen) atoms. The number of nitrogens with zero attached hydrogens (tertiary/aromatic N) is 4. The third-order valence-corrected chi connectivity index (χ3v) is 6.23. The molecule has 1 fully saturated rings. The first-order chi connectivity index (χ1) is 15.0. The SMILES string of the molecule is COc1ccc(-c2nn(CN3CCC[C@H](CO)C3)c(=S)n2-c2ccc(F)c(Cl)c2)cc1. The van der Waals surface area contributed by atoms with Crippen LogP contribution in [0.15, 0.2) is 42.5 Å². The van der Waals surface area contributed by atoms with E-state index in [4.69, 9.17) is 33.7 Å². The lowest BCUT2D eigenvalue weighted by Crippen LogP contribution is -2.38. The molecule has 4 rings (SSSR count). The highest BCUT2D eigenvalue weighted by Crippen LogP contribution is 2.27. The maximum absolute atomic E-state index is 13.8. The van der Waals surface area contributed by atoms with Crippen LogP contribution in [-0.2, 0) is 6.67 Å². The molecule has 1 aliphatic heterocycles. The molecular formula is C22H24ClFN4O2S. The van der Waals surface area contributed by atoms with Crippen LogP contribution in [0.3, 0.4) is 0 Å². The molecule has 0 amide bonds. The number of aliphatic hydroxyl groups is 1. The summed E-state index contributed by atoms with van der Waals surface area (Å²) < 4.78 is 23.1. The van der Waals surface area contributed by atoms with E-state index in [0.29, 0.717) is 23.0 Å². The summed E-state index contributed by atoms with van der Waals surface area (Å²) in [6, 6.07) is 12.0. The van der Waals surface area contributed by atoms with Crippen molar-refractivity contribution in [2.24, 2.45) is 5.92 Å². The predicted molar refractivity (Wildman–Crippen MR) is 121 cm³/mol. The third-order valence-electron chi connectivity index (χ3n) is 5.54. The van der Waals surface area contributed by atoms with Gasteiger partial charge in [0, 0.05) is 18.7 Å². The molecule has 1 aromatic heterocycles. The van der Waals surface area contributed by atoms with Gasteiger partial charge in [-0.15, -0.1) is 5.10 Å². The maximum atomic E-state index is 13.8. The topological polar surface area (TPSA) is 55.4 Å². The van der Waals surface area contributed by atoms with Gasteiger partial charge in [-0.05, 0) is 80.0 Å². The van der Waals surface area contributed by atoms with Crippen LogP contribution in [-0.4, -0.2) is 51.2 Å². The van der Waals surface area contributed by atoms with E-state index in [9.17, 15) is 9.50 Å². The first-order valence-corrected chi connectivity index (χ1v) is 10.9. The number of hydrogen-bond acceptors (Lipinski definition) is 5. The van der Waals surface area contributed by atoms with Crippen LogP contribution in [0.25, 0.3) is 17.1 Å². The molecule has 3 aromatic rings. The fourth-order valence-corrected chi connectivity index (χ4v) is 4.37. The van der Waals surface area contributed by atoms with Gasteiger partial charge in [-0.2, -0.15) is 0 Å². The van der Waals surface area contributed by atoms with E-state index in [-0.39, 0.29) is 17.5 Å². The minimum Gasteiger partial charge on any atom is -0.497 e. The Balaban J connectivity index is 1.77. The number of aromatic nitrogens is 3. The summed E-state index contributed by atoms with van der Waals surface area (Å²) in [7, 11) is 1.62. The van der Waals surface area contributed by atoms with Crippen molar-refractivity contribution in [3.63, 3.8) is 0 Å². The van der Waals surface area contributed by atoms with Crippen molar-refractivity contribution in [2.45, 2.75) is 19.5 Å². The maximum Gasteiger partial charge on any atom is 0.204 e. The van der Waals surface area contributed by atoms with Crippen molar-refractivity contribution < 1.29 is 14.2 Å². The Morgan fingerprint density at radius 1 is 1.26 bits per heavy atom. The van der Waals surface area contributed by atoms with E-state index >= 15 is 0 Å². The van der Waals surface area contributed by atoms with Gasteiger partial charge >= 0.3 is 0 Å². The largest absolute Gasteiger partial charge is 0.497 e. The van der Waals surface area contributed by atoms with Crippen molar-refractivity contribution in [1.82, 2.24) is 19.2 Å². The zero-order valence-corrected chi connectivity index (χ0v) is 18.7. The van der Waals surface area contributed by atoms with Gasteiger partial charge in [-0.3, -0.25) is 9.47 Å². The number of aliphatic hydroxyl groups excluding tert-OH is 1. The molecular weight excluding hydrogens is 439 g/mol. The Kier molecular flexibility index (Phi) is 6.71. The van der Waals surface area contributed by atoms with Crippen molar-refractivity contribution in [3.05, 3.63) is 58.1 Å². The fourth-order valence-electron chi connectivity index (χ4n) is 3.90. The Morgan fingerprint density at radius 3 is 2.71 bits per heavy atom. The highest BCUT2D eigenvalue weighted by Gasteiger charge is 2.22. The molecule has 0 spiro atoms. The molecule has 1 aliphatic rings. The van der Waals surface area contributed by atoms with E-state index < -0.39 is 5.82 Å². The summed E-state index contributed by atoms with van der Waals surface area (Å²) in [5.41, 5.74) is 1.48. The van der Waals surface area contributed by atoms with Crippen LogP contribution in [0.1, 0.15) is 12.8 Å². The van der Waals surface area contributed by atoms with Crippen LogP contribution in [0.2, 0.25) is 5.02 Å². The van der Waals surface area contributed by atoms with Crippen LogP contribution >= 0.6 is 23.8 Å². The Morgan fingerprint density at radius 2 is 2.03 bits per heavy atom. The second-order valence-corrected chi connectivity index (χ2v) is 8.45. The van der Waals surface area contributed by atoms with Crippen molar-refractivity contribution in [1.29, 1.82) is 0 Å². The Bertz CT molecular complexity index is 1120. The van der Waals surface area contributed by atoms with Gasteiger partial charge in [0.25, 0.3) is 0 Å². The molecule has 2 aromatic carbocycles. The second-order valence-electron chi connectivity index (χ2n) is 7.68. The van der Waals surface area contributed by atoms with Gasteiger partial charge in [-0.25, -0.2) is 9.07 Å². The average molecular weight is 463 g/mol. The third kappa shape index (κ3) is 4.67. The molecule has 0 saturated carbocycles. The van der Waals surface area contributed by atoms with Crippen LogP contribution in [0, 0.1) is 16.5 Å². The standard InChI is InChI=1S/C22H24ClFN4O2S/c1-30-18-7-4-16(5-8-18)21-25-27(14-26-10-2-3-15(12-26)13-29)22(31)28(21)17-6-9-20(24)19(23)11-17/h4-9,11,15,29H,2-3,10,12-14H2,1H3/t15-/m0/s1. The van der Waals surface area contributed by atoms with Crippen molar-refractivity contribution in [2.75, 3.05) is 26.8 Å². The molecule has 1 atom stereocenters. The quantitative estimate of drug-likeness (QED) is 0.545. The first kappa shape index (κ1) is 22.0. The van der Waals surface area contributed by atoms with E-state index in [1.54, 1.807) is 28.5 Å². The monoisotopic (exact) mass is 462 g/mol. The molecule has 0 unspecified atom stereocenters. The second kappa shape index (κ2) is 9.48. The van der Waals surface area contributed by atoms with Crippen LogP contribution in [0.4, 0.5) is 4.39 Å². The number of likely N-dealkylation sites (tertiary alicyclic amines) is 1. The number of ether oxygens (including phenoxy) is 1. The van der Waals surface area contributed by atoms with Gasteiger partial charge in [0.1, 0.15) is 11.6 Å². The number of halogens is 2. The minimum atomic E-state index is -0.487. The van der Waals surface area contributed by atoms with E-state index in [0.717, 1.165) is 37.2 Å². The minimum absolute atomic E-state index is 0.0228. The average Bonchev–Trinajstić information content (AvgIpc) is 3.11. The van der Waals surface area contributed by atoms with Crippen LogP contribution < -0.4 is 4.74 Å². The summed E-state index contributed by atoms with van der Waals surface area (Å²) in [5, 5.41) is 14.4. The molecule has 164 valence electrons. The predicted octanol–water partition coefficient (Wildman–Crippen LogP) is 4.53. The highest BCUT2D eigenvalue weighted by atomic mass is 35.5. The lowest BCUT2D eigenvalue weighted by Gasteiger charge is -2.31. The van der Waals surface area contributed by atoms with Crippen molar-refractivity contribution >= 4 is 23.8 Å². The number of hydrogen-bond donors (Lipinski definition) is 1. The molecule has 9 heteroatoms. The number of piperidine rings is 1. The summed E-state index contributed by atoms with van der Waals surface area (Å²) in [6.45, 7) is 2.42. The summed E-state index contributed by atoms with van der Waals surface area (Å²) in [4.78, 5) is 2.24. The van der Waals surface area contributed by atoms with E-state index in [2.05, 4.69) is 4.90 Å². The molecule has 0 bridgehead atoms. The molecule has 0 radical (unpaired) electrons. The molecule has 1 N–H and O–H groups in total. The summed E-state index contributed by atoms with van der Waals surface area (Å²) in [5.74, 6) is 1.15.